The SMILES string of the molecule is CCN(Cc1cccc(C(=N)N)c1)c1ccc(F)cc1. The minimum absolute atomic E-state index is 0.0664. The fraction of sp³-hybridized carbons (Fsp3) is 0.188. The number of nitrogen functional groups attached to an aromatic ring is 1. The second-order valence-corrected chi connectivity index (χ2v) is 4.60. The van der Waals surface area contributed by atoms with Crippen molar-refractivity contribution in [3.63, 3.8) is 0 Å². The number of nitrogens with one attached hydrogen (secondary N) is 1. The molecule has 2 aromatic rings. The fourth-order valence-electron chi connectivity index (χ4n) is 2.10. The molecule has 0 unspecified atom stereocenters. The van der Waals surface area contributed by atoms with E-state index in [-0.39, 0.29) is 11.7 Å². The van der Waals surface area contributed by atoms with Crippen molar-refractivity contribution < 1.29 is 4.39 Å². The van der Waals surface area contributed by atoms with Gasteiger partial charge < -0.3 is 10.6 Å². The lowest BCUT2D eigenvalue weighted by atomic mass is 10.1. The van der Waals surface area contributed by atoms with Gasteiger partial charge in [0.25, 0.3) is 0 Å². The van der Waals surface area contributed by atoms with Crippen LogP contribution in [0, 0.1) is 11.2 Å². The van der Waals surface area contributed by atoms with Crippen molar-refractivity contribution in [1.29, 1.82) is 5.41 Å². The molecule has 2 aromatic carbocycles. The first-order chi connectivity index (χ1) is 9.60. The topological polar surface area (TPSA) is 53.1 Å². The summed E-state index contributed by atoms with van der Waals surface area (Å²) in [4.78, 5) is 2.14. The third-order valence-corrected chi connectivity index (χ3v) is 3.18. The van der Waals surface area contributed by atoms with Crippen LogP contribution in [0.2, 0.25) is 0 Å². The maximum Gasteiger partial charge on any atom is 0.123 e. The molecular weight excluding hydrogens is 253 g/mol. The van der Waals surface area contributed by atoms with Crippen LogP contribution in [-0.4, -0.2) is 12.4 Å². The monoisotopic (exact) mass is 271 g/mol. The van der Waals surface area contributed by atoms with Gasteiger partial charge in [-0.15, -0.1) is 0 Å². The van der Waals surface area contributed by atoms with Gasteiger partial charge in [0.1, 0.15) is 11.7 Å². The normalized spacial score (nSPS) is 10.3. The first-order valence-electron chi connectivity index (χ1n) is 6.54. The van der Waals surface area contributed by atoms with Crippen molar-refractivity contribution in [1.82, 2.24) is 0 Å². The van der Waals surface area contributed by atoms with Crippen molar-refractivity contribution in [2.75, 3.05) is 11.4 Å². The van der Waals surface area contributed by atoms with E-state index in [9.17, 15) is 4.39 Å². The Bertz CT molecular complexity index is 593. The van der Waals surface area contributed by atoms with Gasteiger partial charge in [-0.1, -0.05) is 18.2 Å². The van der Waals surface area contributed by atoms with Crippen LogP contribution in [0.1, 0.15) is 18.1 Å². The summed E-state index contributed by atoms with van der Waals surface area (Å²) in [5, 5.41) is 7.47. The minimum atomic E-state index is -0.233. The van der Waals surface area contributed by atoms with Gasteiger partial charge in [0.2, 0.25) is 0 Å². The average Bonchev–Trinajstić information content (AvgIpc) is 2.46. The highest BCUT2D eigenvalue weighted by Crippen LogP contribution is 2.18. The van der Waals surface area contributed by atoms with Gasteiger partial charge in [0, 0.05) is 24.3 Å². The second-order valence-electron chi connectivity index (χ2n) is 4.60. The quantitative estimate of drug-likeness (QED) is 0.648. The molecule has 2 rings (SSSR count). The second kappa shape index (κ2) is 6.19. The number of hydrogen-bond donors (Lipinski definition) is 2. The van der Waals surface area contributed by atoms with E-state index in [4.69, 9.17) is 11.1 Å². The summed E-state index contributed by atoms with van der Waals surface area (Å²) >= 11 is 0. The van der Waals surface area contributed by atoms with Gasteiger partial charge in [-0.2, -0.15) is 0 Å². The lowest BCUT2D eigenvalue weighted by Crippen LogP contribution is -2.22. The van der Waals surface area contributed by atoms with Crippen molar-refractivity contribution >= 4 is 11.5 Å². The zero-order valence-electron chi connectivity index (χ0n) is 11.4. The molecule has 0 heterocycles. The van der Waals surface area contributed by atoms with E-state index in [1.54, 1.807) is 12.1 Å². The smallest absolute Gasteiger partial charge is 0.123 e. The molecule has 4 heteroatoms. The van der Waals surface area contributed by atoms with Crippen molar-refractivity contribution in [3.8, 4) is 0 Å². The summed E-state index contributed by atoms with van der Waals surface area (Å²) in [6, 6.07) is 14.1. The summed E-state index contributed by atoms with van der Waals surface area (Å²) < 4.78 is 13.0. The lowest BCUT2D eigenvalue weighted by molar-refractivity contribution is 0.627. The van der Waals surface area contributed by atoms with Crippen LogP contribution in [0.25, 0.3) is 0 Å². The van der Waals surface area contributed by atoms with E-state index in [2.05, 4.69) is 11.8 Å². The number of halogens is 1. The summed E-state index contributed by atoms with van der Waals surface area (Å²) in [7, 11) is 0. The third-order valence-electron chi connectivity index (χ3n) is 3.18. The van der Waals surface area contributed by atoms with Gasteiger partial charge >= 0.3 is 0 Å². The Hall–Kier alpha value is -2.36. The molecular formula is C16H18FN3. The molecule has 0 fully saturated rings. The molecule has 104 valence electrons. The number of nitrogens with zero attached hydrogens (tertiary/aromatic N) is 1. The van der Waals surface area contributed by atoms with Crippen molar-refractivity contribution in [2.24, 2.45) is 5.73 Å². The number of amidine groups is 1. The zero-order valence-corrected chi connectivity index (χ0v) is 11.4. The van der Waals surface area contributed by atoms with Crippen molar-refractivity contribution in [2.45, 2.75) is 13.5 Å². The van der Waals surface area contributed by atoms with Gasteiger partial charge in [0.05, 0.1) is 0 Å². The molecule has 0 atom stereocenters. The molecule has 0 spiro atoms. The Morgan fingerprint density at radius 3 is 2.50 bits per heavy atom. The molecule has 0 radical (unpaired) electrons. The van der Waals surface area contributed by atoms with E-state index in [0.717, 1.165) is 23.4 Å². The van der Waals surface area contributed by atoms with E-state index in [1.165, 1.54) is 12.1 Å². The van der Waals surface area contributed by atoms with E-state index in [0.29, 0.717) is 6.54 Å². The maximum atomic E-state index is 13.0. The summed E-state index contributed by atoms with van der Waals surface area (Å²) in [5.41, 5.74) is 8.27. The standard InChI is InChI=1S/C16H18FN3/c1-2-20(15-8-6-14(17)7-9-15)11-12-4-3-5-13(10-12)16(18)19/h3-10H,2,11H2,1H3,(H3,18,19). The molecule has 0 aliphatic heterocycles. The van der Waals surface area contributed by atoms with Crippen molar-refractivity contribution in [3.05, 3.63) is 65.5 Å². The van der Waals surface area contributed by atoms with Crippen LogP contribution >= 0.6 is 0 Å². The highest BCUT2D eigenvalue weighted by molar-refractivity contribution is 5.95. The first-order valence-corrected chi connectivity index (χ1v) is 6.54. The average molecular weight is 271 g/mol. The molecule has 0 saturated heterocycles. The molecule has 0 saturated carbocycles. The van der Waals surface area contributed by atoms with Gasteiger partial charge in [0.15, 0.2) is 0 Å². The molecule has 0 bridgehead atoms. The minimum Gasteiger partial charge on any atom is -0.384 e. The molecule has 0 aromatic heterocycles. The molecule has 0 amide bonds. The third kappa shape index (κ3) is 3.35. The molecule has 3 N–H and O–H groups in total. The molecule has 3 nitrogen and oxygen atoms in total. The Morgan fingerprint density at radius 2 is 1.90 bits per heavy atom. The van der Waals surface area contributed by atoms with Crippen LogP contribution in [0.4, 0.5) is 10.1 Å². The largest absolute Gasteiger partial charge is 0.384 e. The van der Waals surface area contributed by atoms with Crippen LogP contribution in [0.3, 0.4) is 0 Å². The van der Waals surface area contributed by atoms with E-state index in [1.807, 2.05) is 24.3 Å². The van der Waals surface area contributed by atoms with E-state index < -0.39 is 0 Å². The number of anilines is 1. The number of nitrogens with two attached hydrogens (primary N) is 1. The highest BCUT2D eigenvalue weighted by atomic mass is 19.1. The Labute approximate surface area is 118 Å². The van der Waals surface area contributed by atoms with Crippen LogP contribution < -0.4 is 10.6 Å². The van der Waals surface area contributed by atoms with Gasteiger partial charge in [-0.05, 0) is 42.8 Å². The molecule has 0 aliphatic carbocycles. The lowest BCUT2D eigenvalue weighted by Gasteiger charge is -2.23. The summed E-state index contributed by atoms with van der Waals surface area (Å²) in [6.45, 7) is 3.57. The number of benzene rings is 2. The molecule has 20 heavy (non-hydrogen) atoms. The highest BCUT2D eigenvalue weighted by Gasteiger charge is 2.06. The first kappa shape index (κ1) is 14.1. The number of rotatable bonds is 5. The Kier molecular flexibility index (Phi) is 4.35. The zero-order chi connectivity index (χ0) is 14.5. The Balaban J connectivity index is 2.19. The maximum absolute atomic E-state index is 13.0. The Morgan fingerprint density at radius 1 is 1.20 bits per heavy atom. The predicted molar refractivity (Wildman–Crippen MR) is 80.6 cm³/mol. The summed E-state index contributed by atoms with van der Waals surface area (Å²) in [5.74, 6) is -0.167. The predicted octanol–water partition coefficient (Wildman–Crippen LogP) is 3.14. The number of hydrogen-bond acceptors (Lipinski definition) is 2. The van der Waals surface area contributed by atoms with Crippen LogP contribution in [-0.2, 0) is 6.54 Å². The van der Waals surface area contributed by atoms with Crippen LogP contribution in [0.15, 0.2) is 48.5 Å². The fourth-order valence-corrected chi connectivity index (χ4v) is 2.10. The molecule has 0 aliphatic rings. The van der Waals surface area contributed by atoms with Gasteiger partial charge in [-0.3, -0.25) is 5.41 Å². The van der Waals surface area contributed by atoms with Gasteiger partial charge in [-0.25, -0.2) is 4.39 Å². The van der Waals surface area contributed by atoms with Crippen LogP contribution in [0.5, 0.6) is 0 Å². The van der Waals surface area contributed by atoms with E-state index >= 15 is 0 Å². The summed E-state index contributed by atoms with van der Waals surface area (Å²) in [6.07, 6.45) is 0.